The molecular weight excluding hydrogens is 345 g/mol. The average molecular weight is 360 g/mol. The zero-order valence-corrected chi connectivity index (χ0v) is 13.9. The number of aromatic nitrogens is 2. The molecule has 0 unspecified atom stereocenters. The van der Waals surface area contributed by atoms with E-state index >= 15 is 0 Å². The fraction of sp³-hybridized carbons (Fsp3) is 0.263. The van der Waals surface area contributed by atoms with Gasteiger partial charge in [-0.15, -0.1) is 0 Å². The molecule has 0 radical (unpaired) electrons. The maximum atomic E-state index is 13.1. The third-order valence-corrected chi connectivity index (χ3v) is 4.66. The first kappa shape index (κ1) is 16.6. The van der Waals surface area contributed by atoms with E-state index in [4.69, 9.17) is 4.74 Å². The molecule has 2 heterocycles. The van der Waals surface area contributed by atoms with Gasteiger partial charge in [0, 0.05) is 24.5 Å². The fourth-order valence-corrected chi connectivity index (χ4v) is 3.36. The Morgan fingerprint density at radius 1 is 1.08 bits per heavy atom. The van der Waals surface area contributed by atoms with E-state index in [9.17, 15) is 18.0 Å². The normalized spacial score (nSPS) is 14.5. The van der Waals surface area contributed by atoms with Gasteiger partial charge in [-0.05, 0) is 35.2 Å². The number of alkyl halides is 3. The molecule has 4 rings (SSSR count). The third-order valence-electron chi connectivity index (χ3n) is 4.66. The number of ether oxygens (including phenoxy) is 1. The summed E-state index contributed by atoms with van der Waals surface area (Å²) in [7, 11) is 1.39. The lowest BCUT2D eigenvalue weighted by atomic mass is 9.88. The number of nitrogens with zero attached hydrogens (tertiary/aromatic N) is 2. The van der Waals surface area contributed by atoms with Gasteiger partial charge in [0.25, 0.3) is 0 Å². The molecule has 0 saturated carbocycles. The predicted molar refractivity (Wildman–Crippen MR) is 89.2 cm³/mol. The number of rotatable bonds is 2. The molecule has 0 saturated heterocycles. The molecule has 0 amide bonds. The molecule has 4 nitrogen and oxygen atoms in total. The zero-order chi connectivity index (χ0) is 18.5. The molecule has 1 aliphatic rings. The molecule has 134 valence electrons. The highest BCUT2D eigenvalue weighted by atomic mass is 19.4. The Morgan fingerprint density at radius 2 is 1.88 bits per heavy atom. The number of aryl methyl sites for hydroxylation is 1. The monoisotopic (exact) mass is 360 g/mol. The van der Waals surface area contributed by atoms with Crippen molar-refractivity contribution < 1.29 is 22.7 Å². The van der Waals surface area contributed by atoms with Gasteiger partial charge in [0.15, 0.2) is 5.69 Å². The number of carbonyl (C=O) groups excluding carboxylic acids is 1. The van der Waals surface area contributed by atoms with Crippen LogP contribution in [0.25, 0.3) is 16.6 Å². The van der Waals surface area contributed by atoms with Crippen LogP contribution in [-0.4, -0.2) is 22.5 Å². The van der Waals surface area contributed by atoms with Gasteiger partial charge in [-0.1, -0.05) is 18.2 Å². The second-order valence-corrected chi connectivity index (χ2v) is 6.31. The number of Topliss-reactive ketones (excluding diaryl/α,β-unsaturated/α-hetero) is 1. The van der Waals surface area contributed by atoms with E-state index in [1.807, 2.05) is 18.2 Å². The molecule has 1 aliphatic carbocycles. The minimum Gasteiger partial charge on any atom is -0.481 e. The highest BCUT2D eigenvalue weighted by Gasteiger charge is 2.35. The fourth-order valence-electron chi connectivity index (χ4n) is 3.36. The van der Waals surface area contributed by atoms with Crippen LogP contribution in [-0.2, 0) is 23.8 Å². The average Bonchev–Trinajstić information content (AvgIpc) is 3.06. The summed E-state index contributed by atoms with van der Waals surface area (Å²) in [5.41, 5.74) is 2.83. The summed E-state index contributed by atoms with van der Waals surface area (Å²) in [5, 5.41) is 3.66. The van der Waals surface area contributed by atoms with Crippen molar-refractivity contribution in [3.63, 3.8) is 0 Å². The van der Waals surface area contributed by atoms with Crippen molar-refractivity contribution in [1.29, 1.82) is 0 Å². The maximum Gasteiger partial charge on any atom is 0.435 e. The topological polar surface area (TPSA) is 43.6 Å². The predicted octanol–water partition coefficient (Wildman–Crippen LogP) is 4.09. The molecular formula is C19H15F3N2O2. The van der Waals surface area contributed by atoms with Crippen molar-refractivity contribution in [3.8, 4) is 17.0 Å². The van der Waals surface area contributed by atoms with Gasteiger partial charge >= 0.3 is 6.18 Å². The highest BCUT2D eigenvalue weighted by molar-refractivity contribution is 5.85. The van der Waals surface area contributed by atoms with Crippen LogP contribution in [0, 0.1) is 0 Å². The lowest BCUT2D eigenvalue weighted by Crippen LogP contribution is -2.13. The van der Waals surface area contributed by atoms with Crippen LogP contribution in [0.15, 0.2) is 36.4 Å². The number of pyridine rings is 1. The van der Waals surface area contributed by atoms with Crippen LogP contribution in [0.5, 0.6) is 5.88 Å². The molecule has 7 heteroatoms. The van der Waals surface area contributed by atoms with Gasteiger partial charge in [-0.25, -0.2) is 0 Å². The Kier molecular flexibility index (Phi) is 3.75. The van der Waals surface area contributed by atoms with Gasteiger partial charge in [-0.3, -0.25) is 4.79 Å². The van der Waals surface area contributed by atoms with Crippen LogP contribution in [0.4, 0.5) is 13.2 Å². The van der Waals surface area contributed by atoms with Crippen molar-refractivity contribution in [2.24, 2.45) is 0 Å². The molecule has 1 aromatic carbocycles. The van der Waals surface area contributed by atoms with Gasteiger partial charge in [0.1, 0.15) is 5.78 Å². The molecule has 0 fully saturated rings. The van der Waals surface area contributed by atoms with Crippen molar-refractivity contribution >= 4 is 11.3 Å². The van der Waals surface area contributed by atoms with Gasteiger partial charge < -0.3 is 4.74 Å². The quantitative estimate of drug-likeness (QED) is 0.691. The number of benzene rings is 1. The third kappa shape index (κ3) is 2.73. The summed E-state index contributed by atoms with van der Waals surface area (Å²) < 4.78 is 45.6. The Labute approximate surface area is 147 Å². The first-order chi connectivity index (χ1) is 12.4. The lowest BCUT2D eigenvalue weighted by molar-refractivity contribution is -0.141. The second-order valence-electron chi connectivity index (χ2n) is 6.31. The number of methoxy groups -OCH3 is 1. The van der Waals surface area contributed by atoms with E-state index in [0.717, 1.165) is 22.8 Å². The Hall–Kier alpha value is -2.83. The van der Waals surface area contributed by atoms with Gasteiger partial charge in [0.2, 0.25) is 5.88 Å². The van der Waals surface area contributed by atoms with E-state index in [1.54, 1.807) is 12.1 Å². The second kappa shape index (κ2) is 5.86. The number of carbonyl (C=O) groups is 1. The Balaban J connectivity index is 1.89. The molecule has 3 aromatic rings. The van der Waals surface area contributed by atoms with E-state index in [0.29, 0.717) is 30.3 Å². The lowest BCUT2D eigenvalue weighted by Gasteiger charge is -2.16. The summed E-state index contributed by atoms with van der Waals surface area (Å²) in [6, 6.07) is 10.0. The van der Waals surface area contributed by atoms with E-state index < -0.39 is 11.9 Å². The van der Waals surface area contributed by atoms with Crippen molar-refractivity contribution in [2.75, 3.05) is 7.11 Å². The first-order valence-electron chi connectivity index (χ1n) is 8.14. The summed E-state index contributed by atoms with van der Waals surface area (Å²) in [6.07, 6.45) is -2.97. The number of hydrogen-bond donors (Lipinski definition) is 0. The first-order valence-corrected chi connectivity index (χ1v) is 8.14. The van der Waals surface area contributed by atoms with Crippen LogP contribution in [0.2, 0.25) is 0 Å². The molecule has 0 atom stereocenters. The number of fused-ring (bicyclic) bond motifs is 2. The summed E-state index contributed by atoms with van der Waals surface area (Å²) in [4.78, 5) is 11.6. The van der Waals surface area contributed by atoms with Gasteiger partial charge in [0.05, 0.1) is 12.6 Å². The van der Waals surface area contributed by atoms with Crippen LogP contribution < -0.4 is 4.74 Å². The van der Waals surface area contributed by atoms with E-state index in [-0.39, 0.29) is 11.7 Å². The molecule has 26 heavy (non-hydrogen) atoms. The molecule has 0 spiro atoms. The van der Waals surface area contributed by atoms with Crippen LogP contribution in [0.3, 0.4) is 0 Å². The SMILES string of the molecule is COc1ccc(-c2ccc3c(c2)CCC(=O)C3)c2cc(C(F)(F)F)nn12. The van der Waals surface area contributed by atoms with Crippen molar-refractivity contribution in [2.45, 2.75) is 25.4 Å². The van der Waals surface area contributed by atoms with Crippen LogP contribution >= 0.6 is 0 Å². The summed E-state index contributed by atoms with van der Waals surface area (Å²) >= 11 is 0. The Bertz CT molecular complexity index is 1020. The smallest absolute Gasteiger partial charge is 0.435 e. The maximum absolute atomic E-state index is 13.1. The largest absolute Gasteiger partial charge is 0.481 e. The standard InChI is InChI=1S/C19H15F3N2O2/c1-26-18-7-6-15(16-10-17(19(20,21)22)23-24(16)18)13-3-2-12-9-14(25)5-4-11(12)8-13/h2-3,6-8,10H,4-5,9H2,1H3. The summed E-state index contributed by atoms with van der Waals surface area (Å²) in [5.74, 6) is 0.436. The number of hydrogen-bond acceptors (Lipinski definition) is 3. The van der Waals surface area contributed by atoms with E-state index in [2.05, 4.69) is 5.10 Å². The van der Waals surface area contributed by atoms with E-state index in [1.165, 1.54) is 11.6 Å². The molecule has 0 N–H and O–H groups in total. The minimum atomic E-state index is -4.54. The molecule has 0 aliphatic heterocycles. The molecule has 0 bridgehead atoms. The zero-order valence-electron chi connectivity index (χ0n) is 13.9. The van der Waals surface area contributed by atoms with Crippen molar-refractivity contribution in [1.82, 2.24) is 9.61 Å². The summed E-state index contributed by atoms with van der Waals surface area (Å²) in [6.45, 7) is 0. The van der Waals surface area contributed by atoms with Crippen LogP contribution in [0.1, 0.15) is 23.2 Å². The number of ketones is 1. The van der Waals surface area contributed by atoms with Crippen molar-refractivity contribution in [3.05, 3.63) is 53.2 Å². The van der Waals surface area contributed by atoms with Gasteiger partial charge in [-0.2, -0.15) is 22.8 Å². The molecule has 2 aromatic heterocycles. The highest BCUT2D eigenvalue weighted by Crippen LogP contribution is 2.35. The Morgan fingerprint density at radius 3 is 2.62 bits per heavy atom. The number of halogens is 3. The minimum absolute atomic E-state index is 0.211.